The van der Waals surface area contributed by atoms with Crippen molar-refractivity contribution in [2.75, 3.05) is 0 Å². The normalized spacial score (nSPS) is 27.7. The Labute approximate surface area is 108 Å². The van der Waals surface area contributed by atoms with E-state index in [0.29, 0.717) is 18.4 Å². The maximum Gasteiger partial charge on any atom is 0.256 e. The summed E-state index contributed by atoms with van der Waals surface area (Å²) in [7, 11) is 0. The van der Waals surface area contributed by atoms with Gasteiger partial charge in [0.05, 0.1) is 5.92 Å². The second kappa shape index (κ2) is 4.70. The van der Waals surface area contributed by atoms with Crippen molar-refractivity contribution in [1.82, 2.24) is 4.31 Å². The molecule has 86 valence electrons. The number of imide groups is 1. The Bertz CT molecular complexity index is 292. The van der Waals surface area contributed by atoms with Gasteiger partial charge >= 0.3 is 0 Å². The topological polar surface area (TPSA) is 37.4 Å². The van der Waals surface area contributed by atoms with Crippen LogP contribution in [0, 0.1) is 11.8 Å². The molecule has 0 saturated carbocycles. The van der Waals surface area contributed by atoms with E-state index < -0.39 is 3.12 Å². The number of alkyl halides is 3. The second-order valence-corrected chi connectivity index (χ2v) is 7.42. The second-order valence-electron chi connectivity index (χ2n) is 3.31. The zero-order valence-electron chi connectivity index (χ0n) is 8.17. The monoisotopic (exact) mass is 289 g/mol. The van der Waals surface area contributed by atoms with Crippen LogP contribution >= 0.6 is 46.8 Å². The highest BCUT2D eigenvalue weighted by molar-refractivity contribution is 8.03. The molecule has 0 aromatic rings. The van der Waals surface area contributed by atoms with Gasteiger partial charge in [0.2, 0.25) is 11.8 Å². The zero-order valence-corrected chi connectivity index (χ0v) is 11.3. The van der Waals surface area contributed by atoms with Gasteiger partial charge in [-0.3, -0.25) is 9.59 Å². The summed E-state index contributed by atoms with van der Waals surface area (Å²) in [4.78, 5) is 23.4. The summed E-state index contributed by atoms with van der Waals surface area (Å²) in [5.41, 5.74) is 0. The molecule has 7 heteroatoms. The molecule has 1 aliphatic rings. The summed E-state index contributed by atoms with van der Waals surface area (Å²) in [5.74, 6) is -1.19. The predicted molar refractivity (Wildman–Crippen MR) is 62.7 cm³/mol. The molecule has 2 amide bonds. The van der Waals surface area contributed by atoms with Gasteiger partial charge < -0.3 is 0 Å². The smallest absolute Gasteiger partial charge is 0.256 e. The van der Waals surface area contributed by atoms with Crippen molar-refractivity contribution in [2.45, 2.75) is 23.4 Å². The summed E-state index contributed by atoms with van der Waals surface area (Å²) in [5, 5.41) is 0. The fraction of sp³-hybridized carbons (Fsp3) is 0.750. The summed E-state index contributed by atoms with van der Waals surface area (Å²) in [6.45, 7) is 3.57. The van der Waals surface area contributed by atoms with Crippen molar-refractivity contribution in [2.24, 2.45) is 11.8 Å². The first-order valence-corrected chi connectivity index (χ1v) is 6.32. The molecule has 1 saturated heterocycles. The zero-order chi connectivity index (χ0) is 11.8. The number of carbonyl (C=O) groups excluding carboxylic acids is 2. The fourth-order valence-electron chi connectivity index (χ4n) is 1.55. The van der Waals surface area contributed by atoms with E-state index >= 15 is 0 Å². The van der Waals surface area contributed by atoms with E-state index in [1.54, 1.807) is 6.92 Å². The van der Waals surface area contributed by atoms with Crippen molar-refractivity contribution in [3.8, 4) is 0 Å². The number of hydrogen-bond donors (Lipinski definition) is 0. The Balaban J connectivity index is 2.84. The third-order valence-electron chi connectivity index (χ3n) is 2.35. The van der Waals surface area contributed by atoms with Gasteiger partial charge in [0.1, 0.15) is 0 Å². The van der Waals surface area contributed by atoms with Crippen molar-refractivity contribution in [1.29, 1.82) is 0 Å². The molecule has 2 unspecified atom stereocenters. The van der Waals surface area contributed by atoms with Gasteiger partial charge in [-0.15, -0.1) is 0 Å². The van der Waals surface area contributed by atoms with Gasteiger partial charge in [-0.25, -0.2) is 4.31 Å². The molecule has 15 heavy (non-hydrogen) atoms. The van der Waals surface area contributed by atoms with Crippen LogP contribution in [0.25, 0.3) is 0 Å². The molecule has 0 radical (unpaired) electrons. The molecule has 1 rings (SSSR count). The first-order valence-electron chi connectivity index (χ1n) is 4.41. The standard InChI is InChI=1S/C8H10Cl3NO2S/c1-3-5-4(2)6(13)12(7(5)14)15-8(9,10)11/h4-5H,3H2,1-2H3. The average molecular weight is 291 g/mol. The largest absolute Gasteiger partial charge is 0.273 e. The molecule has 1 aliphatic heterocycles. The third kappa shape index (κ3) is 2.93. The molecule has 2 atom stereocenters. The minimum Gasteiger partial charge on any atom is -0.273 e. The lowest BCUT2D eigenvalue weighted by atomic mass is 9.95. The maximum atomic E-state index is 11.7. The molecule has 1 heterocycles. The molecular weight excluding hydrogens is 281 g/mol. The van der Waals surface area contributed by atoms with Crippen LogP contribution in [-0.4, -0.2) is 19.2 Å². The molecule has 3 nitrogen and oxygen atoms in total. The van der Waals surface area contributed by atoms with Crippen LogP contribution in [0.3, 0.4) is 0 Å². The van der Waals surface area contributed by atoms with Gasteiger partial charge in [-0.05, 0) is 6.42 Å². The van der Waals surface area contributed by atoms with Gasteiger partial charge in [0.25, 0.3) is 3.12 Å². The number of nitrogens with zero attached hydrogens (tertiary/aromatic N) is 1. The molecule has 0 bridgehead atoms. The number of halogens is 3. The lowest BCUT2D eigenvalue weighted by molar-refractivity contribution is -0.133. The van der Waals surface area contributed by atoms with Crippen molar-refractivity contribution >= 4 is 58.6 Å². The average Bonchev–Trinajstić information content (AvgIpc) is 2.28. The van der Waals surface area contributed by atoms with Gasteiger partial charge in [-0.1, -0.05) is 48.7 Å². The highest BCUT2D eigenvalue weighted by atomic mass is 35.6. The molecule has 0 aromatic carbocycles. The van der Waals surface area contributed by atoms with Crippen LogP contribution in [-0.2, 0) is 9.59 Å². The van der Waals surface area contributed by atoms with Crippen molar-refractivity contribution < 1.29 is 9.59 Å². The van der Waals surface area contributed by atoms with E-state index in [4.69, 9.17) is 34.8 Å². The van der Waals surface area contributed by atoms with Crippen LogP contribution in [0.4, 0.5) is 0 Å². The molecule has 0 aliphatic carbocycles. The van der Waals surface area contributed by atoms with Crippen LogP contribution in [0.15, 0.2) is 0 Å². The predicted octanol–water partition coefficient (Wildman–Crippen LogP) is 2.99. The number of hydrogen-bond acceptors (Lipinski definition) is 3. The van der Waals surface area contributed by atoms with Crippen LogP contribution in [0.1, 0.15) is 20.3 Å². The summed E-state index contributed by atoms with van der Waals surface area (Å²) in [6, 6.07) is 0. The van der Waals surface area contributed by atoms with E-state index in [2.05, 4.69) is 0 Å². The van der Waals surface area contributed by atoms with Gasteiger partial charge in [0, 0.05) is 17.9 Å². The first-order chi connectivity index (χ1) is 6.78. The van der Waals surface area contributed by atoms with Crippen LogP contribution in [0.5, 0.6) is 0 Å². The summed E-state index contributed by atoms with van der Waals surface area (Å²) < 4.78 is -0.723. The molecule has 0 N–H and O–H groups in total. The maximum absolute atomic E-state index is 11.7. The number of amides is 2. The van der Waals surface area contributed by atoms with Gasteiger partial charge in [0.15, 0.2) is 0 Å². The lowest BCUT2D eigenvalue weighted by Gasteiger charge is -2.17. The van der Waals surface area contributed by atoms with E-state index in [1.165, 1.54) is 0 Å². The van der Waals surface area contributed by atoms with Crippen molar-refractivity contribution in [3.05, 3.63) is 0 Å². The fourth-order valence-corrected chi connectivity index (χ4v) is 2.86. The number of carbonyl (C=O) groups is 2. The highest BCUT2D eigenvalue weighted by Crippen LogP contribution is 2.45. The van der Waals surface area contributed by atoms with E-state index in [9.17, 15) is 9.59 Å². The van der Waals surface area contributed by atoms with Crippen LogP contribution < -0.4 is 0 Å². The lowest BCUT2D eigenvalue weighted by Crippen LogP contribution is -2.26. The Morgan fingerprint density at radius 2 is 1.87 bits per heavy atom. The minimum atomic E-state index is -1.69. The summed E-state index contributed by atoms with van der Waals surface area (Å²) >= 11 is 17.2. The molecular formula is C8H10Cl3NO2S. The Morgan fingerprint density at radius 3 is 2.20 bits per heavy atom. The Kier molecular flexibility index (Phi) is 4.20. The SMILES string of the molecule is CCC1C(=O)N(SC(Cl)(Cl)Cl)C(=O)C1C. The third-order valence-corrected chi connectivity index (χ3v) is 3.72. The Morgan fingerprint density at radius 1 is 1.33 bits per heavy atom. The quantitative estimate of drug-likeness (QED) is 0.446. The number of rotatable bonds is 2. The summed E-state index contributed by atoms with van der Waals surface area (Å²) in [6.07, 6.45) is 0.614. The van der Waals surface area contributed by atoms with Crippen LogP contribution in [0.2, 0.25) is 0 Å². The first kappa shape index (κ1) is 13.4. The van der Waals surface area contributed by atoms with Crippen molar-refractivity contribution in [3.63, 3.8) is 0 Å². The van der Waals surface area contributed by atoms with E-state index in [-0.39, 0.29) is 23.7 Å². The van der Waals surface area contributed by atoms with E-state index in [1.807, 2.05) is 6.92 Å². The molecule has 0 aromatic heterocycles. The minimum absolute atomic E-state index is 0.272. The van der Waals surface area contributed by atoms with E-state index in [0.717, 1.165) is 4.31 Å². The molecule has 0 spiro atoms. The van der Waals surface area contributed by atoms with Gasteiger partial charge in [-0.2, -0.15) is 0 Å². The molecule has 1 fully saturated rings. The Hall–Kier alpha value is 0.360. The highest BCUT2D eigenvalue weighted by Gasteiger charge is 2.47.